The van der Waals surface area contributed by atoms with Gasteiger partial charge in [0.05, 0.1) is 27.8 Å². The van der Waals surface area contributed by atoms with Crippen LogP contribution in [0, 0.1) is 6.92 Å². The summed E-state index contributed by atoms with van der Waals surface area (Å²) in [5, 5.41) is 0. The first-order chi connectivity index (χ1) is 14.1. The molecule has 0 unspecified atom stereocenters. The van der Waals surface area contributed by atoms with Gasteiger partial charge in [0.25, 0.3) is 17.7 Å². The van der Waals surface area contributed by atoms with Crippen molar-refractivity contribution < 1.29 is 14.4 Å². The highest BCUT2D eigenvalue weighted by atomic mass is 16.2. The Bertz CT molecular complexity index is 1300. The van der Waals surface area contributed by atoms with Crippen LogP contribution >= 0.6 is 0 Å². The molecule has 1 aliphatic heterocycles. The summed E-state index contributed by atoms with van der Waals surface area (Å²) >= 11 is 0. The lowest BCUT2D eigenvalue weighted by molar-refractivity contribution is 0.0920. The minimum Gasteiger partial charge on any atom is -0.268 e. The molecule has 140 valence electrons. The minimum atomic E-state index is -0.389. The molecule has 0 fully saturated rings. The van der Waals surface area contributed by atoms with Crippen molar-refractivity contribution in [2.75, 3.05) is 4.90 Å². The van der Waals surface area contributed by atoms with Crippen LogP contribution in [0.15, 0.2) is 72.8 Å². The van der Waals surface area contributed by atoms with Crippen LogP contribution in [0.3, 0.4) is 0 Å². The van der Waals surface area contributed by atoms with Gasteiger partial charge in [-0.2, -0.15) is 0 Å². The Balaban J connectivity index is 1.57. The monoisotopic (exact) mass is 381 g/mol. The van der Waals surface area contributed by atoms with E-state index in [-0.39, 0.29) is 17.7 Å². The molecule has 0 radical (unpaired) electrons. The first kappa shape index (κ1) is 17.1. The zero-order valence-electron chi connectivity index (χ0n) is 15.5. The second-order valence-corrected chi connectivity index (χ2v) is 6.83. The molecule has 6 nitrogen and oxygen atoms in total. The van der Waals surface area contributed by atoms with Gasteiger partial charge < -0.3 is 0 Å². The minimum absolute atomic E-state index is 0.269. The Kier molecular flexibility index (Phi) is 3.67. The molecular formula is C23H15N3O3. The summed E-state index contributed by atoms with van der Waals surface area (Å²) in [6, 6.07) is 20.7. The Morgan fingerprint density at radius 2 is 1.48 bits per heavy atom. The first-order valence-electron chi connectivity index (χ1n) is 9.13. The smallest absolute Gasteiger partial charge is 0.266 e. The molecule has 0 aliphatic carbocycles. The van der Waals surface area contributed by atoms with Gasteiger partial charge in [0.2, 0.25) is 0 Å². The lowest BCUT2D eigenvalue weighted by Gasteiger charge is -2.15. The topological polar surface area (TPSA) is 72.3 Å². The number of anilines is 1. The molecular weight excluding hydrogens is 366 g/mol. The van der Waals surface area contributed by atoms with Crippen LogP contribution < -0.4 is 4.90 Å². The Labute approximate surface area is 166 Å². The number of imidazole rings is 1. The highest BCUT2D eigenvalue weighted by Gasteiger charge is 2.36. The number of fused-ring (bicyclic) bond motifs is 2. The third kappa shape index (κ3) is 2.50. The highest BCUT2D eigenvalue weighted by molar-refractivity contribution is 6.34. The van der Waals surface area contributed by atoms with E-state index in [4.69, 9.17) is 0 Å². The summed E-state index contributed by atoms with van der Waals surface area (Å²) in [7, 11) is 0. The van der Waals surface area contributed by atoms with Crippen LogP contribution in [0.2, 0.25) is 0 Å². The predicted molar refractivity (Wildman–Crippen MR) is 108 cm³/mol. The van der Waals surface area contributed by atoms with E-state index in [2.05, 4.69) is 4.98 Å². The van der Waals surface area contributed by atoms with Crippen LogP contribution in [0.1, 0.15) is 36.9 Å². The molecule has 0 spiro atoms. The van der Waals surface area contributed by atoms with Crippen LogP contribution in [0.25, 0.3) is 11.0 Å². The fraction of sp³-hybridized carbons (Fsp3) is 0.0435. The van der Waals surface area contributed by atoms with E-state index in [1.54, 1.807) is 55.5 Å². The number of hydrogen-bond acceptors (Lipinski definition) is 4. The molecule has 1 aliphatic rings. The summed E-state index contributed by atoms with van der Waals surface area (Å²) in [6.07, 6.45) is 0. The zero-order chi connectivity index (χ0) is 20.1. The van der Waals surface area contributed by atoms with E-state index in [0.717, 1.165) is 10.4 Å². The Morgan fingerprint density at radius 1 is 0.828 bits per heavy atom. The number of nitrogens with zero attached hydrogens (tertiary/aromatic N) is 3. The summed E-state index contributed by atoms with van der Waals surface area (Å²) < 4.78 is 1.54. The van der Waals surface area contributed by atoms with Gasteiger partial charge in [-0.3, -0.25) is 19.0 Å². The van der Waals surface area contributed by atoms with Crippen molar-refractivity contribution in [1.82, 2.24) is 9.55 Å². The second kappa shape index (κ2) is 6.24. The molecule has 5 rings (SSSR count). The molecule has 0 saturated carbocycles. The molecule has 1 aromatic heterocycles. The summed E-state index contributed by atoms with van der Waals surface area (Å²) in [6.45, 7) is 1.77. The lowest BCUT2D eigenvalue weighted by atomic mass is 10.1. The van der Waals surface area contributed by atoms with Crippen molar-refractivity contribution in [2.45, 2.75) is 6.92 Å². The fourth-order valence-corrected chi connectivity index (χ4v) is 3.73. The molecule has 0 atom stereocenters. The number of carbonyl (C=O) groups is 3. The number of para-hydroxylation sites is 2. The van der Waals surface area contributed by atoms with Crippen molar-refractivity contribution in [3.8, 4) is 0 Å². The van der Waals surface area contributed by atoms with Crippen molar-refractivity contribution in [1.29, 1.82) is 0 Å². The number of rotatable bonds is 2. The third-order valence-corrected chi connectivity index (χ3v) is 5.08. The van der Waals surface area contributed by atoms with E-state index in [9.17, 15) is 14.4 Å². The van der Waals surface area contributed by atoms with E-state index in [1.807, 2.05) is 24.3 Å². The maximum atomic E-state index is 13.2. The van der Waals surface area contributed by atoms with Crippen molar-refractivity contribution >= 4 is 34.4 Å². The normalized spacial score (nSPS) is 13.2. The largest absolute Gasteiger partial charge is 0.268 e. The molecule has 29 heavy (non-hydrogen) atoms. The average Bonchev–Trinajstić information content (AvgIpc) is 3.21. The quantitative estimate of drug-likeness (QED) is 0.495. The molecule has 0 saturated heterocycles. The Morgan fingerprint density at radius 3 is 2.21 bits per heavy atom. The molecule has 2 amide bonds. The number of amides is 2. The zero-order valence-corrected chi connectivity index (χ0v) is 15.5. The maximum absolute atomic E-state index is 13.2. The van der Waals surface area contributed by atoms with Crippen LogP contribution in [0.4, 0.5) is 5.69 Å². The standard InChI is InChI=1S/C23H15N3O3/c1-14-24-19-11-4-5-12-20(19)25(14)21(27)15-7-6-8-16(13-15)26-22(28)17-9-2-3-10-18(17)23(26)29/h2-13H,1H3. The van der Waals surface area contributed by atoms with E-state index in [0.29, 0.717) is 33.7 Å². The molecule has 6 heteroatoms. The van der Waals surface area contributed by atoms with Gasteiger partial charge in [-0.05, 0) is 49.4 Å². The molecule has 2 heterocycles. The number of benzene rings is 3. The van der Waals surface area contributed by atoms with Crippen molar-refractivity contribution in [2.24, 2.45) is 0 Å². The fourth-order valence-electron chi connectivity index (χ4n) is 3.73. The molecule has 3 aromatic carbocycles. The predicted octanol–water partition coefficient (Wildman–Crippen LogP) is 3.83. The highest BCUT2D eigenvalue weighted by Crippen LogP contribution is 2.29. The van der Waals surface area contributed by atoms with Crippen LogP contribution in [0.5, 0.6) is 0 Å². The maximum Gasteiger partial charge on any atom is 0.266 e. The SMILES string of the molecule is Cc1nc2ccccc2n1C(=O)c1cccc(N2C(=O)c3ccccc3C2=O)c1. The number of aryl methyl sites for hydroxylation is 1. The van der Waals surface area contributed by atoms with E-state index < -0.39 is 0 Å². The van der Waals surface area contributed by atoms with Crippen molar-refractivity contribution in [3.05, 3.63) is 95.3 Å². The number of carbonyl (C=O) groups excluding carboxylic acids is 3. The summed E-state index contributed by atoms with van der Waals surface area (Å²) in [5.74, 6) is -0.476. The third-order valence-electron chi connectivity index (χ3n) is 5.08. The van der Waals surface area contributed by atoms with E-state index >= 15 is 0 Å². The van der Waals surface area contributed by atoms with Gasteiger partial charge in [0.15, 0.2) is 0 Å². The second-order valence-electron chi connectivity index (χ2n) is 6.83. The molecule has 0 bridgehead atoms. The van der Waals surface area contributed by atoms with Gasteiger partial charge in [0, 0.05) is 5.56 Å². The average molecular weight is 381 g/mol. The number of imide groups is 1. The van der Waals surface area contributed by atoms with Crippen LogP contribution in [-0.4, -0.2) is 27.3 Å². The first-order valence-corrected chi connectivity index (χ1v) is 9.13. The van der Waals surface area contributed by atoms with Gasteiger partial charge >= 0.3 is 0 Å². The summed E-state index contributed by atoms with van der Waals surface area (Å²) in [4.78, 5) is 44.3. The molecule has 0 N–H and O–H groups in total. The van der Waals surface area contributed by atoms with Crippen molar-refractivity contribution in [3.63, 3.8) is 0 Å². The molecule has 4 aromatic rings. The number of aromatic nitrogens is 2. The van der Waals surface area contributed by atoms with Gasteiger partial charge in [-0.15, -0.1) is 0 Å². The van der Waals surface area contributed by atoms with Gasteiger partial charge in [-0.1, -0.05) is 30.3 Å². The van der Waals surface area contributed by atoms with E-state index in [1.165, 1.54) is 4.57 Å². The summed E-state index contributed by atoms with van der Waals surface area (Å²) in [5.41, 5.74) is 2.90. The van der Waals surface area contributed by atoms with Gasteiger partial charge in [0.1, 0.15) is 5.82 Å². The van der Waals surface area contributed by atoms with Crippen LogP contribution in [-0.2, 0) is 0 Å². The lowest BCUT2D eigenvalue weighted by Crippen LogP contribution is -2.29. The number of hydrogen-bond donors (Lipinski definition) is 0. The Hall–Kier alpha value is -4.06. The van der Waals surface area contributed by atoms with Gasteiger partial charge in [-0.25, -0.2) is 9.88 Å².